The predicted octanol–water partition coefficient (Wildman–Crippen LogP) is 5.05. The van der Waals surface area contributed by atoms with Crippen LogP contribution in [0.1, 0.15) is 49.3 Å². The van der Waals surface area contributed by atoms with Crippen molar-refractivity contribution in [3.63, 3.8) is 0 Å². The number of hydrogen-bond donors (Lipinski definition) is 2. The standard InChI is InChI=1S/C31H32ClN3O2/c1-31(27-8-4-2-6-25(27)26-7-3-5-9-28(26)31)30(37)33-18-29(36)34-22-16-23-14-15-24(17-22)35(23)19-20-10-12-21(32)13-11-20/h2-13,22-24H,14-19H2,1H3,(H,33,37)(H,34,36). The molecule has 0 saturated carbocycles. The summed E-state index contributed by atoms with van der Waals surface area (Å²) in [6.07, 6.45) is 4.22. The van der Waals surface area contributed by atoms with Gasteiger partial charge in [0.2, 0.25) is 11.8 Å². The number of benzene rings is 3. The molecule has 1 aliphatic carbocycles. The van der Waals surface area contributed by atoms with Gasteiger partial charge in [-0.25, -0.2) is 0 Å². The van der Waals surface area contributed by atoms with E-state index in [1.54, 1.807) is 0 Å². The summed E-state index contributed by atoms with van der Waals surface area (Å²) < 4.78 is 0. The van der Waals surface area contributed by atoms with Crippen LogP contribution >= 0.6 is 11.6 Å². The highest BCUT2D eigenvalue weighted by Crippen LogP contribution is 2.48. The van der Waals surface area contributed by atoms with E-state index in [1.165, 1.54) is 18.4 Å². The first-order valence-electron chi connectivity index (χ1n) is 13.2. The second kappa shape index (κ2) is 9.62. The van der Waals surface area contributed by atoms with Crippen molar-refractivity contribution >= 4 is 23.4 Å². The number of carbonyl (C=O) groups excluding carboxylic acids is 2. The minimum atomic E-state index is -0.820. The Morgan fingerprint density at radius 2 is 1.46 bits per heavy atom. The number of halogens is 1. The quantitative estimate of drug-likeness (QED) is 0.484. The summed E-state index contributed by atoms with van der Waals surface area (Å²) in [5.74, 6) is -0.259. The molecule has 2 saturated heterocycles. The molecule has 2 amide bonds. The summed E-state index contributed by atoms with van der Waals surface area (Å²) in [6, 6.07) is 25.3. The first-order valence-corrected chi connectivity index (χ1v) is 13.6. The zero-order chi connectivity index (χ0) is 25.6. The third kappa shape index (κ3) is 4.34. The number of carbonyl (C=O) groups is 2. The molecule has 5 nitrogen and oxygen atoms in total. The molecule has 2 unspecified atom stereocenters. The zero-order valence-electron chi connectivity index (χ0n) is 21.0. The summed E-state index contributed by atoms with van der Waals surface area (Å²) in [5, 5.41) is 6.92. The fourth-order valence-electron chi connectivity index (χ4n) is 6.76. The van der Waals surface area contributed by atoms with Crippen LogP contribution < -0.4 is 10.6 Å². The maximum absolute atomic E-state index is 13.5. The third-order valence-electron chi connectivity index (χ3n) is 8.61. The lowest BCUT2D eigenvalue weighted by Gasteiger charge is -2.39. The van der Waals surface area contributed by atoms with Gasteiger partial charge in [-0.1, -0.05) is 72.3 Å². The van der Waals surface area contributed by atoms with Crippen LogP contribution in [0, 0.1) is 0 Å². The van der Waals surface area contributed by atoms with Gasteiger partial charge in [0.1, 0.15) is 0 Å². The molecule has 2 aliphatic heterocycles. The second-order valence-corrected chi connectivity index (χ2v) is 11.3. The summed E-state index contributed by atoms with van der Waals surface area (Å²) >= 11 is 6.05. The topological polar surface area (TPSA) is 61.4 Å². The molecule has 37 heavy (non-hydrogen) atoms. The second-order valence-electron chi connectivity index (χ2n) is 10.8. The van der Waals surface area contributed by atoms with Crippen LogP contribution in [0.4, 0.5) is 0 Å². The average molecular weight is 514 g/mol. The molecule has 2 atom stereocenters. The lowest BCUT2D eigenvalue weighted by Crippen LogP contribution is -2.52. The largest absolute Gasteiger partial charge is 0.352 e. The Kier molecular flexibility index (Phi) is 6.29. The molecule has 2 fully saturated rings. The number of fused-ring (bicyclic) bond motifs is 5. The zero-order valence-corrected chi connectivity index (χ0v) is 21.8. The third-order valence-corrected chi connectivity index (χ3v) is 8.87. The minimum Gasteiger partial charge on any atom is -0.352 e. The van der Waals surface area contributed by atoms with Crippen LogP contribution in [-0.4, -0.2) is 41.4 Å². The smallest absolute Gasteiger partial charge is 0.239 e. The molecular weight excluding hydrogens is 482 g/mol. The average Bonchev–Trinajstić information content (AvgIpc) is 3.30. The molecule has 0 aromatic heterocycles. The maximum Gasteiger partial charge on any atom is 0.239 e. The molecule has 2 bridgehead atoms. The molecule has 3 aromatic carbocycles. The van der Waals surface area contributed by atoms with Gasteiger partial charge in [-0.2, -0.15) is 0 Å². The highest BCUT2D eigenvalue weighted by atomic mass is 35.5. The molecule has 6 rings (SSSR count). The first kappa shape index (κ1) is 24.2. The summed E-state index contributed by atoms with van der Waals surface area (Å²) in [6.45, 7) is 2.86. The Labute approximate surface area is 223 Å². The Morgan fingerprint density at radius 3 is 2.05 bits per heavy atom. The molecule has 3 aliphatic rings. The Bertz CT molecular complexity index is 1280. The van der Waals surface area contributed by atoms with Gasteiger partial charge in [0.25, 0.3) is 0 Å². The molecule has 0 radical (unpaired) electrons. The van der Waals surface area contributed by atoms with Gasteiger partial charge in [0, 0.05) is 29.7 Å². The van der Waals surface area contributed by atoms with Crippen molar-refractivity contribution in [2.75, 3.05) is 6.54 Å². The van der Waals surface area contributed by atoms with Crippen LogP contribution in [-0.2, 0) is 21.5 Å². The van der Waals surface area contributed by atoms with Crippen molar-refractivity contribution in [1.29, 1.82) is 0 Å². The van der Waals surface area contributed by atoms with Crippen LogP contribution in [0.15, 0.2) is 72.8 Å². The Morgan fingerprint density at radius 1 is 0.892 bits per heavy atom. The number of piperidine rings is 1. The van der Waals surface area contributed by atoms with Crippen LogP contribution in [0.25, 0.3) is 11.1 Å². The van der Waals surface area contributed by atoms with Gasteiger partial charge in [-0.05, 0) is 72.6 Å². The van der Waals surface area contributed by atoms with Crippen molar-refractivity contribution < 1.29 is 9.59 Å². The summed E-state index contributed by atoms with van der Waals surface area (Å²) in [4.78, 5) is 29.0. The molecule has 3 aromatic rings. The summed E-state index contributed by atoms with van der Waals surface area (Å²) in [5.41, 5.74) is 4.59. The van der Waals surface area contributed by atoms with Crippen LogP contribution in [0.3, 0.4) is 0 Å². The number of hydrogen-bond acceptors (Lipinski definition) is 3. The maximum atomic E-state index is 13.5. The molecule has 0 spiro atoms. The fourth-order valence-corrected chi connectivity index (χ4v) is 6.89. The van der Waals surface area contributed by atoms with E-state index in [0.717, 1.165) is 46.7 Å². The van der Waals surface area contributed by atoms with Crippen LogP contribution in [0.5, 0.6) is 0 Å². The SMILES string of the molecule is CC1(C(=O)NCC(=O)NC2CC3CCC(C2)N3Cc2ccc(Cl)cc2)c2ccccc2-c2ccccc21. The lowest BCUT2D eigenvalue weighted by molar-refractivity contribution is -0.128. The fraction of sp³-hybridized carbons (Fsp3) is 0.355. The van der Waals surface area contributed by atoms with Gasteiger partial charge < -0.3 is 10.6 Å². The normalized spacial score (nSPS) is 23.2. The number of amides is 2. The van der Waals surface area contributed by atoms with Gasteiger partial charge in [-0.3, -0.25) is 14.5 Å². The Balaban J connectivity index is 1.07. The lowest BCUT2D eigenvalue weighted by atomic mass is 9.79. The van der Waals surface area contributed by atoms with E-state index in [4.69, 9.17) is 11.6 Å². The highest BCUT2D eigenvalue weighted by molar-refractivity contribution is 6.30. The van der Waals surface area contributed by atoms with Crippen molar-refractivity contribution in [2.45, 2.75) is 62.7 Å². The van der Waals surface area contributed by atoms with Crippen LogP contribution in [0.2, 0.25) is 5.02 Å². The monoisotopic (exact) mass is 513 g/mol. The molecule has 6 heteroatoms. The molecule has 2 N–H and O–H groups in total. The molecular formula is C31H32ClN3O2. The van der Waals surface area contributed by atoms with E-state index in [9.17, 15) is 9.59 Å². The van der Waals surface area contributed by atoms with Crippen molar-refractivity contribution in [2.24, 2.45) is 0 Å². The predicted molar refractivity (Wildman–Crippen MR) is 146 cm³/mol. The molecule has 2 heterocycles. The van der Waals surface area contributed by atoms with E-state index in [2.05, 4.69) is 39.8 Å². The Hall–Kier alpha value is -3.15. The van der Waals surface area contributed by atoms with Crippen molar-refractivity contribution in [3.05, 3.63) is 94.5 Å². The molecule has 190 valence electrons. The van der Waals surface area contributed by atoms with E-state index in [0.29, 0.717) is 12.1 Å². The van der Waals surface area contributed by atoms with Gasteiger partial charge in [0.15, 0.2) is 0 Å². The number of nitrogens with zero attached hydrogens (tertiary/aromatic N) is 1. The van der Waals surface area contributed by atoms with Gasteiger partial charge in [-0.15, -0.1) is 0 Å². The number of nitrogens with one attached hydrogen (secondary N) is 2. The number of rotatable bonds is 6. The van der Waals surface area contributed by atoms with E-state index >= 15 is 0 Å². The van der Waals surface area contributed by atoms with E-state index in [-0.39, 0.29) is 24.4 Å². The van der Waals surface area contributed by atoms with E-state index < -0.39 is 5.41 Å². The minimum absolute atomic E-state index is 0.0148. The van der Waals surface area contributed by atoms with Crippen molar-refractivity contribution in [1.82, 2.24) is 15.5 Å². The highest BCUT2D eigenvalue weighted by Gasteiger charge is 2.45. The van der Waals surface area contributed by atoms with E-state index in [1.807, 2.05) is 55.5 Å². The van der Waals surface area contributed by atoms with Crippen molar-refractivity contribution in [3.8, 4) is 11.1 Å². The van der Waals surface area contributed by atoms with Gasteiger partial charge in [0.05, 0.1) is 12.0 Å². The van der Waals surface area contributed by atoms with Gasteiger partial charge >= 0.3 is 0 Å². The summed E-state index contributed by atoms with van der Waals surface area (Å²) in [7, 11) is 0. The first-order chi connectivity index (χ1) is 17.9.